The van der Waals surface area contributed by atoms with Gasteiger partial charge in [-0.25, -0.2) is 4.79 Å². The van der Waals surface area contributed by atoms with Gasteiger partial charge in [-0.15, -0.1) is 0 Å². The number of aromatic hydroxyl groups is 1. The van der Waals surface area contributed by atoms with Crippen molar-refractivity contribution in [2.75, 3.05) is 40.4 Å². The van der Waals surface area contributed by atoms with Gasteiger partial charge in [0, 0.05) is 40.3 Å². The zero-order chi connectivity index (χ0) is 18.0. The van der Waals surface area contributed by atoms with Crippen LogP contribution in [0.1, 0.15) is 18.4 Å². The van der Waals surface area contributed by atoms with Crippen molar-refractivity contribution in [3.63, 3.8) is 0 Å². The Morgan fingerprint density at radius 1 is 1.24 bits per heavy atom. The van der Waals surface area contributed by atoms with Crippen LogP contribution >= 0.6 is 0 Å². The van der Waals surface area contributed by atoms with Crippen LogP contribution in [0, 0.1) is 0 Å². The summed E-state index contributed by atoms with van der Waals surface area (Å²) in [5, 5.41) is 9.60. The van der Waals surface area contributed by atoms with E-state index in [1.807, 2.05) is 12.1 Å². The number of phenolic OH excluding ortho intramolecular Hbond substituents is 1. The molecule has 1 N–H and O–H groups in total. The first-order valence-electron chi connectivity index (χ1n) is 8.57. The van der Waals surface area contributed by atoms with Gasteiger partial charge in [-0.05, 0) is 30.5 Å². The standard InChI is InChI=1S/C18H25N3O4/c1-19-16(23)18(21(17(19)24)10-11-25-2)6-8-20(9-7-18)13-14-4-3-5-15(22)12-14/h3-5,12,22H,6-11,13H2,1-2H3. The highest BCUT2D eigenvalue weighted by Crippen LogP contribution is 2.36. The molecule has 136 valence electrons. The van der Waals surface area contributed by atoms with Crippen LogP contribution in [0.25, 0.3) is 0 Å². The normalized spacial score (nSPS) is 20.7. The number of nitrogens with zero attached hydrogens (tertiary/aromatic N) is 3. The Kier molecular flexibility index (Phi) is 4.96. The summed E-state index contributed by atoms with van der Waals surface area (Å²) in [6.07, 6.45) is 1.23. The summed E-state index contributed by atoms with van der Waals surface area (Å²) in [5.41, 5.74) is 0.304. The number of likely N-dealkylation sites (N-methyl/N-ethyl adjacent to an activating group) is 1. The monoisotopic (exact) mass is 347 g/mol. The number of carbonyl (C=O) groups is 2. The molecule has 1 spiro atoms. The number of hydrogen-bond acceptors (Lipinski definition) is 5. The van der Waals surface area contributed by atoms with E-state index in [1.165, 1.54) is 4.90 Å². The number of amides is 3. The number of hydrogen-bond donors (Lipinski definition) is 1. The molecule has 2 fully saturated rings. The number of piperidine rings is 1. The Bertz CT molecular complexity index is 655. The molecule has 0 radical (unpaired) electrons. The molecular weight excluding hydrogens is 322 g/mol. The van der Waals surface area contributed by atoms with Gasteiger partial charge in [0.1, 0.15) is 11.3 Å². The van der Waals surface area contributed by atoms with E-state index in [0.29, 0.717) is 26.0 Å². The number of rotatable bonds is 5. The summed E-state index contributed by atoms with van der Waals surface area (Å²) in [6, 6.07) is 6.99. The number of carbonyl (C=O) groups excluding carboxylic acids is 2. The number of likely N-dealkylation sites (tertiary alicyclic amines) is 1. The van der Waals surface area contributed by atoms with Crippen molar-refractivity contribution in [1.29, 1.82) is 0 Å². The van der Waals surface area contributed by atoms with Crippen LogP contribution in [0.4, 0.5) is 4.79 Å². The number of benzene rings is 1. The molecule has 3 rings (SSSR count). The molecule has 2 saturated heterocycles. The molecule has 0 aromatic heterocycles. The maximum absolute atomic E-state index is 12.7. The second kappa shape index (κ2) is 7.01. The fraction of sp³-hybridized carbons (Fsp3) is 0.556. The summed E-state index contributed by atoms with van der Waals surface area (Å²) in [4.78, 5) is 30.4. The van der Waals surface area contributed by atoms with Crippen LogP contribution in [0.5, 0.6) is 5.75 Å². The van der Waals surface area contributed by atoms with Gasteiger partial charge < -0.3 is 14.7 Å². The molecule has 0 atom stereocenters. The average molecular weight is 347 g/mol. The number of imide groups is 1. The van der Waals surface area contributed by atoms with Crippen LogP contribution in [-0.4, -0.2) is 77.7 Å². The molecule has 7 nitrogen and oxygen atoms in total. The maximum atomic E-state index is 12.7. The van der Waals surface area contributed by atoms with Gasteiger partial charge in [0.25, 0.3) is 5.91 Å². The minimum absolute atomic E-state index is 0.106. The zero-order valence-corrected chi connectivity index (χ0v) is 14.8. The smallest absolute Gasteiger partial charge is 0.327 e. The van der Waals surface area contributed by atoms with E-state index in [-0.39, 0.29) is 17.7 Å². The van der Waals surface area contributed by atoms with Crippen LogP contribution in [0.2, 0.25) is 0 Å². The number of urea groups is 1. The predicted octanol–water partition coefficient (Wildman–Crippen LogP) is 1.27. The third kappa shape index (κ3) is 3.21. The highest BCUT2D eigenvalue weighted by atomic mass is 16.5. The third-order valence-corrected chi connectivity index (χ3v) is 5.26. The first-order valence-corrected chi connectivity index (χ1v) is 8.57. The summed E-state index contributed by atoms with van der Waals surface area (Å²) < 4.78 is 5.11. The van der Waals surface area contributed by atoms with Gasteiger partial charge in [0.15, 0.2) is 0 Å². The summed E-state index contributed by atoms with van der Waals surface area (Å²) in [6.45, 7) is 3.03. The fourth-order valence-electron chi connectivity index (χ4n) is 3.85. The van der Waals surface area contributed by atoms with Crippen LogP contribution in [0.15, 0.2) is 24.3 Å². The van der Waals surface area contributed by atoms with Crippen LogP contribution in [0.3, 0.4) is 0 Å². The molecule has 2 aliphatic rings. The lowest BCUT2D eigenvalue weighted by atomic mass is 9.85. The highest BCUT2D eigenvalue weighted by Gasteiger charge is 2.56. The molecule has 2 heterocycles. The van der Waals surface area contributed by atoms with E-state index in [9.17, 15) is 14.7 Å². The van der Waals surface area contributed by atoms with Crippen molar-refractivity contribution >= 4 is 11.9 Å². The van der Waals surface area contributed by atoms with Gasteiger partial charge in [-0.3, -0.25) is 14.6 Å². The van der Waals surface area contributed by atoms with Crippen molar-refractivity contribution in [3.8, 4) is 5.75 Å². The molecule has 7 heteroatoms. The largest absolute Gasteiger partial charge is 0.508 e. The molecular formula is C18H25N3O4. The molecule has 0 aliphatic carbocycles. The lowest BCUT2D eigenvalue weighted by Crippen LogP contribution is -2.57. The van der Waals surface area contributed by atoms with Crippen molar-refractivity contribution in [2.45, 2.75) is 24.9 Å². The quantitative estimate of drug-likeness (QED) is 0.812. The molecule has 25 heavy (non-hydrogen) atoms. The van der Waals surface area contributed by atoms with Crippen molar-refractivity contribution in [1.82, 2.24) is 14.7 Å². The molecule has 3 amide bonds. The van der Waals surface area contributed by atoms with E-state index in [0.717, 1.165) is 25.2 Å². The second-order valence-corrected chi connectivity index (χ2v) is 6.77. The topological polar surface area (TPSA) is 73.3 Å². The summed E-state index contributed by atoms with van der Waals surface area (Å²) in [5.74, 6) is 0.153. The third-order valence-electron chi connectivity index (χ3n) is 5.26. The van der Waals surface area contributed by atoms with Gasteiger partial charge in [-0.1, -0.05) is 12.1 Å². The molecule has 1 aromatic rings. The Morgan fingerprint density at radius 2 is 1.96 bits per heavy atom. The van der Waals surface area contributed by atoms with E-state index in [2.05, 4.69) is 4.90 Å². The number of methoxy groups -OCH3 is 1. The lowest BCUT2D eigenvalue weighted by molar-refractivity contribution is -0.135. The minimum Gasteiger partial charge on any atom is -0.508 e. The Labute approximate surface area is 147 Å². The van der Waals surface area contributed by atoms with Crippen LogP contribution < -0.4 is 0 Å². The molecule has 0 bridgehead atoms. The Hall–Kier alpha value is -2.12. The summed E-state index contributed by atoms with van der Waals surface area (Å²) >= 11 is 0. The predicted molar refractivity (Wildman–Crippen MR) is 92.1 cm³/mol. The average Bonchev–Trinajstić information content (AvgIpc) is 2.77. The zero-order valence-electron chi connectivity index (χ0n) is 14.8. The number of phenols is 1. The highest BCUT2D eigenvalue weighted by molar-refractivity contribution is 6.06. The van der Waals surface area contributed by atoms with E-state index < -0.39 is 5.54 Å². The summed E-state index contributed by atoms with van der Waals surface area (Å²) in [7, 11) is 3.15. The lowest BCUT2D eigenvalue weighted by Gasteiger charge is -2.42. The minimum atomic E-state index is -0.736. The molecule has 2 aliphatic heterocycles. The fourth-order valence-corrected chi connectivity index (χ4v) is 3.85. The number of ether oxygens (including phenoxy) is 1. The maximum Gasteiger partial charge on any atom is 0.327 e. The van der Waals surface area contributed by atoms with Crippen molar-refractivity contribution < 1.29 is 19.4 Å². The van der Waals surface area contributed by atoms with Gasteiger partial charge in [0.05, 0.1) is 6.61 Å². The first-order chi connectivity index (χ1) is 12.0. The van der Waals surface area contributed by atoms with Gasteiger partial charge in [-0.2, -0.15) is 0 Å². The molecule has 0 saturated carbocycles. The SMILES string of the molecule is COCCN1C(=O)N(C)C(=O)C12CCN(Cc1cccc(O)c1)CC2. The van der Waals surface area contributed by atoms with Crippen molar-refractivity contribution in [2.24, 2.45) is 0 Å². The van der Waals surface area contributed by atoms with E-state index in [4.69, 9.17) is 4.74 Å². The van der Waals surface area contributed by atoms with E-state index in [1.54, 1.807) is 31.2 Å². The van der Waals surface area contributed by atoms with Crippen molar-refractivity contribution in [3.05, 3.63) is 29.8 Å². The Balaban J connectivity index is 1.70. The van der Waals surface area contributed by atoms with Crippen LogP contribution in [-0.2, 0) is 16.1 Å². The first kappa shape index (κ1) is 17.7. The van der Waals surface area contributed by atoms with E-state index >= 15 is 0 Å². The van der Waals surface area contributed by atoms with Gasteiger partial charge >= 0.3 is 6.03 Å². The molecule has 0 unspecified atom stereocenters. The Morgan fingerprint density at radius 3 is 2.60 bits per heavy atom. The van der Waals surface area contributed by atoms with Gasteiger partial charge in [0.2, 0.25) is 0 Å². The second-order valence-electron chi connectivity index (χ2n) is 6.77. The molecule has 1 aromatic carbocycles.